The molecule has 0 aromatic carbocycles. The number of hydrogen-bond acceptors (Lipinski definition) is 7. The number of anilines is 1. The normalized spacial score (nSPS) is 14.2. The Labute approximate surface area is 104 Å². The van der Waals surface area contributed by atoms with Crippen molar-refractivity contribution in [3.05, 3.63) is 27.4 Å². The van der Waals surface area contributed by atoms with Gasteiger partial charge in [-0.3, -0.25) is 10.1 Å². The van der Waals surface area contributed by atoms with Crippen LogP contribution in [0, 0.1) is 17.0 Å². The molecule has 0 aliphatic rings. The maximum Gasteiger partial charge on any atom is 0.314 e. The molecule has 5 N–H and O–H groups in total. The van der Waals surface area contributed by atoms with Gasteiger partial charge in [0.25, 0.3) is 0 Å². The van der Waals surface area contributed by atoms with Crippen LogP contribution in [0.25, 0.3) is 0 Å². The zero-order chi connectivity index (χ0) is 13.9. The summed E-state index contributed by atoms with van der Waals surface area (Å²) >= 11 is 0. The van der Waals surface area contributed by atoms with Gasteiger partial charge in [-0.1, -0.05) is 0 Å². The van der Waals surface area contributed by atoms with Crippen LogP contribution in [-0.2, 0) is 0 Å². The Hall–Kier alpha value is -1.77. The van der Waals surface area contributed by atoms with E-state index in [-0.39, 0.29) is 29.2 Å². The van der Waals surface area contributed by atoms with Gasteiger partial charge in [0.1, 0.15) is 6.10 Å². The van der Waals surface area contributed by atoms with E-state index in [1.165, 1.54) is 13.1 Å². The zero-order valence-corrected chi connectivity index (χ0v) is 10.1. The van der Waals surface area contributed by atoms with Gasteiger partial charge < -0.3 is 21.3 Å². The molecule has 2 unspecified atom stereocenters. The topological polar surface area (TPSA) is 135 Å². The Morgan fingerprint density at radius 1 is 1.61 bits per heavy atom. The Kier molecular flexibility index (Phi) is 4.54. The smallest absolute Gasteiger partial charge is 0.314 e. The number of aromatic nitrogens is 1. The van der Waals surface area contributed by atoms with Crippen molar-refractivity contribution < 1.29 is 15.1 Å². The second kappa shape index (κ2) is 5.71. The van der Waals surface area contributed by atoms with Gasteiger partial charge in [0.05, 0.1) is 11.0 Å². The largest absolute Gasteiger partial charge is 0.389 e. The Morgan fingerprint density at radius 3 is 2.72 bits per heavy atom. The van der Waals surface area contributed by atoms with E-state index in [0.717, 1.165) is 0 Å². The van der Waals surface area contributed by atoms with Crippen molar-refractivity contribution in [2.45, 2.75) is 19.1 Å². The molecule has 0 aliphatic heterocycles. The predicted molar refractivity (Wildman–Crippen MR) is 64.9 cm³/mol. The minimum absolute atomic E-state index is 0.152. The molecule has 0 spiro atoms. The molecule has 0 saturated heterocycles. The first kappa shape index (κ1) is 14.3. The van der Waals surface area contributed by atoms with Crippen molar-refractivity contribution in [2.75, 3.05) is 19.3 Å². The molecular formula is C10H16N4O4. The summed E-state index contributed by atoms with van der Waals surface area (Å²) < 4.78 is 0. The lowest BCUT2D eigenvalue weighted by molar-refractivity contribution is -0.384. The van der Waals surface area contributed by atoms with E-state index in [1.54, 1.807) is 7.05 Å². The van der Waals surface area contributed by atoms with E-state index in [4.69, 9.17) is 5.73 Å². The van der Waals surface area contributed by atoms with Crippen LogP contribution in [-0.4, -0.2) is 39.8 Å². The minimum atomic E-state index is -1.26. The average Bonchev–Trinajstić information content (AvgIpc) is 2.28. The first-order chi connectivity index (χ1) is 8.40. The van der Waals surface area contributed by atoms with Gasteiger partial charge in [-0.15, -0.1) is 0 Å². The lowest BCUT2D eigenvalue weighted by Crippen LogP contribution is -2.30. The third-order valence-corrected chi connectivity index (χ3v) is 2.65. The molecule has 0 amide bonds. The highest BCUT2D eigenvalue weighted by Gasteiger charge is 2.26. The van der Waals surface area contributed by atoms with Crippen LogP contribution in [0.15, 0.2) is 6.20 Å². The van der Waals surface area contributed by atoms with Crippen molar-refractivity contribution in [3.63, 3.8) is 0 Å². The summed E-state index contributed by atoms with van der Waals surface area (Å²) in [5.74, 6) is -0.212. The summed E-state index contributed by atoms with van der Waals surface area (Å²) in [6.07, 6.45) is -1.11. The van der Waals surface area contributed by atoms with Crippen LogP contribution in [0.2, 0.25) is 0 Å². The molecule has 1 aromatic rings. The molecule has 1 rings (SSSR count). The lowest BCUT2D eigenvalue weighted by atomic mass is 10.0. The molecule has 1 heterocycles. The fraction of sp³-hybridized carbons (Fsp3) is 0.500. The summed E-state index contributed by atoms with van der Waals surface area (Å²) in [5, 5.41) is 33.1. The lowest BCUT2D eigenvalue weighted by Gasteiger charge is -2.19. The van der Waals surface area contributed by atoms with Crippen LogP contribution in [0.3, 0.4) is 0 Å². The number of aliphatic hydroxyl groups is 2. The van der Waals surface area contributed by atoms with E-state index in [1.807, 2.05) is 0 Å². The highest BCUT2D eigenvalue weighted by Crippen LogP contribution is 2.30. The SMILES string of the molecule is CNCC(O)C(O)c1cnc(N)c([N+](=O)[O-])c1C. The number of nitro groups is 1. The summed E-state index contributed by atoms with van der Waals surface area (Å²) in [5.41, 5.74) is 5.47. The molecule has 8 nitrogen and oxygen atoms in total. The van der Waals surface area contributed by atoms with Gasteiger partial charge in [0.15, 0.2) is 0 Å². The molecule has 1 aromatic heterocycles. The quantitative estimate of drug-likeness (QED) is 0.411. The van der Waals surface area contributed by atoms with E-state index >= 15 is 0 Å². The number of nitrogens with two attached hydrogens (primary N) is 1. The number of aliphatic hydroxyl groups excluding tert-OH is 2. The van der Waals surface area contributed by atoms with Crippen LogP contribution in [0.1, 0.15) is 17.2 Å². The standard InChI is InChI=1S/C10H16N4O4/c1-5-6(9(16)7(15)4-12-2)3-13-10(11)8(5)14(17)18/h3,7,9,12,15-16H,4H2,1-2H3,(H2,11,13). The molecule has 8 heteroatoms. The van der Waals surface area contributed by atoms with Gasteiger partial charge in [-0.25, -0.2) is 4.98 Å². The van der Waals surface area contributed by atoms with Gasteiger partial charge >= 0.3 is 5.69 Å². The Morgan fingerprint density at radius 2 is 2.22 bits per heavy atom. The first-order valence-corrected chi connectivity index (χ1v) is 5.30. The van der Waals surface area contributed by atoms with Crippen LogP contribution < -0.4 is 11.1 Å². The second-order valence-electron chi connectivity index (χ2n) is 3.90. The average molecular weight is 256 g/mol. The van der Waals surface area contributed by atoms with Crippen molar-refractivity contribution in [1.82, 2.24) is 10.3 Å². The highest BCUT2D eigenvalue weighted by molar-refractivity contribution is 5.59. The van der Waals surface area contributed by atoms with E-state index in [0.29, 0.717) is 0 Å². The molecule has 0 fully saturated rings. The van der Waals surface area contributed by atoms with Crippen molar-refractivity contribution >= 4 is 11.5 Å². The monoisotopic (exact) mass is 256 g/mol. The van der Waals surface area contributed by atoms with Gasteiger partial charge in [-0.05, 0) is 14.0 Å². The summed E-state index contributed by atoms with van der Waals surface area (Å²) in [6, 6.07) is 0. The van der Waals surface area contributed by atoms with Gasteiger partial charge in [0, 0.05) is 23.9 Å². The molecule has 0 aliphatic carbocycles. The Bertz CT molecular complexity index is 452. The molecule has 0 saturated carbocycles. The summed E-state index contributed by atoms with van der Waals surface area (Å²) in [4.78, 5) is 13.9. The fourth-order valence-electron chi connectivity index (χ4n) is 1.68. The number of rotatable bonds is 5. The molecule has 2 atom stereocenters. The molecule has 0 bridgehead atoms. The minimum Gasteiger partial charge on any atom is -0.389 e. The van der Waals surface area contributed by atoms with Crippen molar-refractivity contribution in [3.8, 4) is 0 Å². The molecule has 18 heavy (non-hydrogen) atoms. The maximum atomic E-state index is 10.8. The highest BCUT2D eigenvalue weighted by atomic mass is 16.6. The van der Waals surface area contributed by atoms with Gasteiger partial charge in [0.2, 0.25) is 5.82 Å². The van der Waals surface area contributed by atoms with Crippen LogP contribution in [0.5, 0.6) is 0 Å². The second-order valence-corrected chi connectivity index (χ2v) is 3.90. The third-order valence-electron chi connectivity index (χ3n) is 2.65. The Balaban J connectivity index is 3.18. The fourth-order valence-corrected chi connectivity index (χ4v) is 1.68. The first-order valence-electron chi connectivity index (χ1n) is 5.30. The number of nitrogens with zero attached hydrogens (tertiary/aromatic N) is 2. The van der Waals surface area contributed by atoms with Gasteiger partial charge in [-0.2, -0.15) is 0 Å². The molecular weight excluding hydrogens is 240 g/mol. The number of nitrogen functional groups attached to an aromatic ring is 1. The maximum absolute atomic E-state index is 10.8. The number of nitrogens with one attached hydrogen (secondary N) is 1. The summed E-state index contributed by atoms with van der Waals surface area (Å²) in [6.45, 7) is 1.61. The van der Waals surface area contributed by atoms with E-state index in [2.05, 4.69) is 10.3 Å². The van der Waals surface area contributed by atoms with Crippen LogP contribution >= 0.6 is 0 Å². The van der Waals surface area contributed by atoms with Crippen molar-refractivity contribution in [1.29, 1.82) is 0 Å². The zero-order valence-electron chi connectivity index (χ0n) is 10.1. The number of hydrogen-bond donors (Lipinski definition) is 4. The number of likely N-dealkylation sites (N-methyl/N-ethyl adjacent to an activating group) is 1. The molecule has 100 valence electrons. The third kappa shape index (κ3) is 2.73. The molecule has 0 radical (unpaired) electrons. The van der Waals surface area contributed by atoms with Crippen LogP contribution in [0.4, 0.5) is 11.5 Å². The van der Waals surface area contributed by atoms with E-state index < -0.39 is 17.1 Å². The van der Waals surface area contributed by atoms with E-state index in [9.17, 15) is 20.3 Å². The van der Waals surface area contributed by atoms with Crippen molar-refractivity contribution in [2.24, 2.45) is 0 Å². The number of pyridine rings is 1. The summed E-state index contributed by atoms with van der Waals surface area (Å²) in [7, 11) is 1.62. The predicted octanol–water partition coefficient (Wildman–Crippen LogP) is -0.506.